The summed E-state index contributed by atoms with van der Waals surface area (Å²) in [5, 5.41) is 3.51. The van der Waals surface area contributed by atoms with E-state index in [-0.39, 0.29) is 5.82 Å². The second-order valence-corrected chi connectivity index (χ2v) is 4.80. The van der Waals surface area contributed by atoms with Crippen LogP contribution in [-0.4, -0.2) is 0 Å². The lowest BCUT2D eigenvalue weighted by Gasteiger charge is -2.14. The van der Waals surface area contributed by atoms with Gasteiger partial charge in [-0.2, -0.15) is 0 Å². The van der Waals surface area contributed by atoms with Crippen molar-refractivity contribution in [2.24, 2.45) is 0 Å². The van der Waals surface area contributed by atoms with Crippen LogP contribution in [0.1, 0.15) is 29.2 Å². The van der Waals surface area contributed by atoms with E-state index in [4.69, 9.17) is 0 Å². The van der Waals surface area contributed by atoms with E-state index in [1.807, 2.05) is 6.07 Å². The van der Waals surface area contributed by atoms with Gasteiger partial charge in [0.2, 0.25) is 0 Å². The first kappa shape index (κ1) is 11.4. The molecule has 0 radical (unpaired) electrons. The molecule has 2 aromatic rings. The van der Waals surface area contributed by atoms with E-state index in [0.717, 1.165) is 24.9 Å². The Morgan fingerprint density at radius 1 is 1.11 bits per heavy atom. The van der Waals surface area contributed by atoms with Crippen LogP contribution in [0.5, 0.6) is 0 Å². The molecule has 0 aromatic heterocycles. The van der Waals surface area contributed by atoms with Gasteiger partial charge >= 0.3 is 0 Å². The Morgan fingerprint density at radius 2 is 2.00 bits per heavy atom. The van der Waals surface area contributed by atoms with Gasteiger partial charge in [0.15, 0.2) is 0 Å². The van der Waals surface area contributed by atoms with Gasteiger partial charge in [-0.25, -0.2) is 4.39 Å². The van der Waals surface area contributed by atoms with Gasteiger partial charge in [-0.05, 0) is 41.7 Å². The number of hydrogen-bond acceptors (Lipinski definition) is 1. The van der Waals surface area contributed by atoms with Gasteiger partial charge in [0.05, 0.1) is 0 Å². The van der Waals surface area contributed by atoms with Crippen molar-refractivity contribution in [1.29, 1.82) is 0 Å². The van der Waals surface area contributed by atoms with Crippen LogP contribution in [0.2, 0.25) is 0 Å². The molecule has 1 nitrogen and oxygen atoms in total. The first-order chi connectivity index (χ1) is 8.83. The number of aryl methyl sites for hydroxylation is 1. The molecule has 0 fully saturated rings. The third-order valence-corrected chi connectivity index (χ3v) is 3.57. The molecule has 0 saturated carbocycles. The number of fused-ring (bicyclic) bond motifs is 1. The van der Waals surface area contributed by atoms with Crippen LogP contribution in [-0.2, 0) is 13.0 Å². The van der Waals surface area contributed by atoms with Gasteiger partial charge in [-0.3, -0.25) is 0 Å². The van der Waals surface area contributed by atoms with Crippen LogP contribution >= 0.6 is 0 Å². The molecular weight excluding hydrogens is 225 g/mol. The lowest BCUT2D eigenvalue weighted by atomic mass is 10.1. The topological polar surface area (TPSA) is 12.0 Å². The quantitative estimate of drug-likeness (QED) is 0.865. The van der Waals surface area contributed by atoms with Crippen molar-refractivity contribution < 1.29 is 4.39 Å². The van der Waals surface area contributed by atoms with Crippen molar-refractivity contribution in [2.45, 2.75) is 25.4 Å². The summed E-state index contributed by atoms with van der Waals surface area (Å²) in [6.07, 6.45) is 2.27. The van der Waals surface area contributed by atoms with Crippen molar-refractivity contribution in [3.8, 4) is 0 Å². The number of hydrogen-bond donors (Lipinski definition) is 1. The smallest absolute Gasteiger partial charge is 0.123 e. The number of halogens is 1. The highest BCUT2D eigenvalue weighted by Gasteiger charge is 2.20. The Morgan fingerprint density at radius 3 is 2.89 bits per heavy atom. The van der Waals surface area contributed by atoms with Crippen LogP contribution in [0.25, 0.3) is 0 Å². The van der Waals surface area contributed by atoms with Crippen molar-refractivity contribution >= 4 is 0 Å². The lowest BCUT2D eigenvalue weighted by molar-refractivity contribution is 0.528. The molecule has 92 valence electrons. The van der Waals surface area contributed by atoms with Crippen LogP contribution in [0.3, 0.4) is 0 Å². The van der Waals surface area contributed by atoms with E-state index in [1.54, 1.807) is 12.1 Å². The summed E-state index contributed by atoms with van der Waals surface area (Å²) in [5.41, 5.74) is 3.84. The van der Waals surface area contributed by atoms with Crippen molar-refractivity contribution in [3.05, 3.63) is 71.0 Å². The average molecular weight is 241 g/mol. The predicted octanol–water partition coefficient (Wildman–Crippen LogP) is 3.60. The lowest BCUT2D eigenvalue weighted by Crippen LogP contribution is -2.18. The molecule has 1 aliphatic rings. The van der Waals surface area contributed by atoms with Crippen LogP contribution < -0.4 is 5.32 Å². The molecule has 0 amide bonds. The molecule has 1 unspecified atom stereocenters. The minimum atomic E-state index is -0.166. The predicted molar refractivity (Wildman–Crippen MR) is 70.7 cm³/mol. The number of benzene rings is 2. The SMILES string of the molecule is Fc1cccc(CNC2CCc3ccccc32)c1. The van der Waals surface area contributed by atoms with Gasteiger partial charge in [0.25, 0.3) is 0 Å². The van der Waals surface area contributed by atoms with Crippen molar-refractivity contribution in [2.75, 3.05) is 0 Å². The monoisotopic (exact) mass is 241 g/mol. The average Bonchev–Trinajstić information content (AvgIpc) is 2.80. The molecule has 0 heterocycles. The normalized spacial score (nSPS) is 17.7. The molecule has 0 saturated heterocycles. The molecular formula is C16H16FN. The Kier molecular flexibility index (Phi) is 3.11. The summed E-state index contributed by atoms with van der Waals surface area (Å²) in [4.78, 5) is 0. The third kappa shape index (κ3) is 2.29. The number of nitrogens with one attached hydrogen (secondary N) is 1. The maximum absolute atomic E-state index is 13.1. The van der Waals surface area contributed by atoms with Gasteiger partial charge in [-0.15, -0.1) is 0 Å². The largest absolute Gasteiger partial charge is 0.306 e. The molecule has 1 atom stereocenters. The third-order valence-electron chi connectivity index (χ3n) is 3.57. The first-order valence-corrected chi connectivity index (χ1v) is 6.38. The number of rotatable bonds is 3. The van der Waals surface area contributed by atoms with E-state index in [0.29, 0.717) is 6.04 Å². The van der Waals surface area contributed by atoms with E-state index < -0.39 is 0 Å². The van der Waals surface area contributed by atoms with Crippen LogP contribution in [0.4, 0.5) is 4.39 Å². The first-order valence-electron chi connectivity index (χ1n) is 6.38. The van der Waals surface area contributed by atoms with Crippen LogP contribution in [0.15, 0.2) is 48.5 Å². The maximum atomic E-state index is 13.1. The second-order valence-electron chi connectivity index (χ2n) is 4.80. The molecule has 2 heteroatoms. The fourth-order valence-corrected chi connectivity index (χ4v) is 2.66. The molecule has 0 spiro atoms. The second kappa shape index (κ2) is 4.91. The van der Waals surface area contributed by atoms with Gasteiger partial charge in [0.1, 0.15) is 5.82 Å². The highest BCUT2D eigenvalue weighted by Crippen LogP contribution is 2.30. The molecule has 0 aliphatic heterocycles. The van der Waals surface area contributed by atoms with Gasteiger partial charge in [-0.1, -0.05) is 36.4 Å². The Hall–Kier alpha value is -1.67. The molecule has 3 rings (SSSR count). The van der Waals surface area contributed by atoms with E-state index in [9.17, 15) is 4.39 Å². The van der Waals surface area contributed by atoms with Gasteiger partial charge in [0, 0.05) is 12.6 Å². The fraction of sp³-hybridized carbons (Fsp3) is 0.250. The molecule has 18 heavy (non-hydrogen) atoms. The Bertz CT molecular complexity index is 550. The Balaban J connectivity index is 1.69. The molecule has 1 N–H and O–H groups in total. The minimum Gasteiger partial charge on any atom is -0.306 e. The zero-order chi connectivity index (χ0) is 12.4. The summed E-state index contributed by atoms with van der Waals surface area (Å²) >= 11 is 0. The summed E-state index contributed by atoms with van der Waals surface area (Å²) < 4.78 is 13.1. The summed E-state index contributed by atoms with van der Waals surface area (Å²) in [5.74, 6) is -0.166. The maximum Gasteiger partial charge on any atom is 0.123 e. The highest BCUT2D eigenvalue weighted by atomic mass is 19.1. The van der Waals surface area contributed by atoms with Crippen LogP contribution in [0, 0.1) is 5.82 Å². The minimum absolute atomic E-state index is 0.166. The fourth-order valence-electron chi connectivity index (χ4n) is 2.66. The zero-order valence-electron chi connectivity index (χ0n) is 10.2. The van der Waals surface area contributed by atoms with E-state index >= 15 is 0 Å². The molecule has 0 bridgehead atoms. The van der Waals surface area contributed by atoms with Gasteiger partial charge < -0.3 is 5.32 Å². The summed E-state index contributed by atoms with van der Waals surface area (Å²) in [6.45, 7) is 0.719. The molecule has 2 aromatic carbocycles. The molecule has 1 aliphatic carbocycles. The zero-order valence-corrected chi connectivity index (χ0v) is 10.2. The van der Waals surface area contributed by atoms with Crippen molar-refractivity contribution in [1.82, 2.24) is 5.32 Å². The standard InChI is InChI=1S/C16H16FN/c17-14-6-3-4-12(10-14)11-18-16-9-8-13-5-1-2-7-15(13)16/h1-7,10,16,18H,8-9,11H2. The summed E-state index contributed by atoms with van der Waals surface area (Å²) in [6, 6.07) is 15.7. The summed E-state index contributed by atoms with van der Waals surface area (Å²) in [7, 11) is 0. The van der Waals surface area contributed by atoms with E-state index in [1.165, 1.54) is 17.2 Å². The van der Waals surface area contributed by atoms with Crippen molar-refractivity contribution in [3.63, 3.8) is 0 Å². The Labute approximate surface area is 107 Å². The van der Waals surface area contributed by atoms with E-state index in [2.05, 4.69) is 29.6 Å². The highest BCUT2D eigenvalue weighted by molar-refractivity contribution is 5.34.